The van der Waals surface area contributed by atoms with Crippen molar-refractivity contribution in [3.05, 3.63) is 30.1 Å². The number of piperazine rings is 1. The van der Waals surface area contributed by atoms with E-state index in [1.165, 1.54) is 22.5 Å². The largest absolute Gasteiger partial charge is 0.489 e. The first-order valence-corrected chi connectivity index (χ1v) is 9.99. The fourth-order valence-corrected chi connectivity index (χ4v) is 4.31. The van der Waals surface area contributed by atoms with Gasteiger partial charge >= 0.3 is 0 Å². The summed E-state index contributed by atoms with van der Waals surface area (Å²) in [5.74, 6) is -0.676. The van der Waals surface area contributed by atoms with E-state index < -0.39 is 21.9 Å². The molecule has 1 heterocycles. The number of hydrogen-bond donors (Lipinski definition) is 0. The minimum atomic E-state index is -3.66. The summed E-state index contributed by atoms with van der Waals surface area (Å²) in [4.78, 5) is 14.1. The Morgan fingerprint density at radius 2 is 1.96 bits per heavy atom. The van der Waals surface area contributed by atoms with Gasteiger partial charge in [-0.15, -0.1) is 0 Å². The van der Waals surface area contributed by atoms with Crippen LogP contribution in [0.3, 0.4) is 0 Å². The fraction of sp³-hybridized carbons (Fsp3) is 0.588. The van der Waals surface area contributed by atoms with E-state index in [0.717, 1.165) is 0 Å². The highest BCUT2D eigenvalue weighted by molar-refractivity contribution is 7.89. The van der Waals surface area contributed by atoms with Crippen LogP contribution in [0.1, 0.15) is 20.8 Å². The van der Waals surface area contributed by atoms with Gasteiger partial charge in [0.1, 0.15) is 12.6 Å². The van der Waals surface area contributed by atoms with Crippen LogP contribution in [-0.2, 0) is 14.8 Å². The summed E-state index contributed by atoms with van der Waals surface area (Å²) in [6, 6.07) is 5.10. The van der Waals surface area contributed by atoms with Gasteiger partial charge in [-0.25, -0.2) is 12.8 Å². The lowest BCUT2D eigenvalue weighted by Gasteiger charge is -2.38. The Hall–Kier alpha value is -1.67. The van der Waals surface area contributed by atoms with E-state index >= 15 is 0 Å². The van der Waals surface area contributed by atoms with Crippen LogP contribution in [0.15, 0.2) is 24.3 Å². The molecule has 1 aromatic carbocycles. The molecule has 0 aliphatic carbocycles. The Labute approximate surface area is 148 Å². The third-order valence-electron chi connectivity index (χ3n) is 4.07. The van der Waals surface area contributed by atoms with Crippen molar-refractivity contribution in [1.29, 1.82) is 0 Å². The summed E-state index contributed by atoms with van der Waals surface area (Å²) >= 11 is 0. The first kappa shape index (κ1) is 19.7. The molecule has 1 unspecified atom stereocenters. The number of carbonyl (C=O) groups excluding carboxylic acids is 1. The van der Waals surface area contributed by atoms with Crippen LogP contribution >= 0.6 is 0 Å². The Kier molecular flexibility index (Phi) is 6.40. The van der Waals surface area contributed by atoms with Crippen LogP contribution < -0.4 is 4.74 Å². The van der Waals surface area contributed by atoms with Crippen LogP contribution in [0, 0.1) is 11.7 Å². The molecule has 0 N–H and O–H groups in total. The molecule has 0 saturated carbocycles. The fourth-order valence-electron chi connectivity index (χ4n) is 2.85. The number of amides is 1. The maximum absolute atomic E-state index is 13.5. The molecular weight excluding hydrogens is 347 g/mol. The number of ether oxygens (including phenoxy) is 1. The summed E-state index contributed by atoms with van der Waals surface area (Å²) in [5, 5.41) is 0. The maximum Gasteiger partial charge on any atom is 0.240 e. The predicted molar refractivity (Wildman–Crippen MR) is 93.3 cm³/mol. The van der Waals surface area contributed by atoms with Crippen molar-refractivity contribution in [2.24, 2.45) is 5.92 Å². The minimum absolute atomic E-state index is 0.0172. The van der Waals surface area contributed by atoms with Crippen LogP contribution in [-0.4, -0.2) is 61.6 Å². The highest BCUT2D eigenvalue weighted by Gasteiger charge is 2.38. The Morgan fingerprint density at radius 3 is 2.60 bits per heavy atom. The second-order valence-corrected chi connectivity index (χ2v) is 8.60. The number of halogens is 1. The monoisotopic (exact) mass is 372 g/mol. The molecule has 1 fully saturated rings. The first-order valence-electron chi connectivity index (χ1n) is 8.38. The summed E-state index contributed by atoms with van der Waals surface area (Å²) in [7, 11) is -3.66. The van der Waals surface area contributed by atoms with Gasteiger partial charge in [0, 0.05) is 19.6 Å². The van der Waals surface area contributed by atoms with E-state index in [1.54, 1.807) is 17.9 Å². The molecule has 8 heteroatoms. The first-order chi connectivity index (χ1) is 11.7. The molecule has 1 aromatic rings. The number of sulfonamides is 1. The summed E-state index contributed by atoms with van der Waals surface area (Å²) < 4.78 is 45.0. The van der Waals surface area contributed by atoms with Gasteiger partial charge < -0.3 is 9.64 Å². The lowest BCUT2D eigenvalue weighted by molar-refractivity contribution is -0.138. The second kappa shape index (κ2) is 8.14. The van der Waals surface area contributed by atoms with Crippen molar-refractivity contribution in [2.45, 2.75) is 26.8 Å². The molecule has 0 aromatic heterocycles. The lowest BCUT2D eigenvalue weighted by Crippen LogP contribution is -2.58. The smallest absolute Gasteiger partial charge is 0.240 e. The zero-order chi connectivity index (χ0) is 18.6. The number of nitrogens with zero attached hydrogens (tertiary/aromatic N) is 2. The molecule has 25 heavy (non-hydrogen) atoms. The van der Waals surface area contributed by atoms with E-state index in [9.17, 15) is 17.6 Å². The zero-order valence-electron chi connectivity index (χ0n) is 14.8. The molecule has 6 nitrogen and oxygen atoms in total. The van der Waals surface area contributed by atoms with E-state index in [-0.39, 0.29) is 30.6 Å². The molecule has 1 aliphatic heterocycles. The summed E-state index contributed by atoms with van der Waals surface area (Å²) in [5.41, 5.74) is 0. The SMILES string of the molecule is CC(C)CN1CCN(S(=O)(=O)CCOc2ccccc2F)C(C)C1=O. The van der Waals surface area contributed by atoms with Gasteiger partial charge in [0.15, 0.2) is 11.6 Å². The van der Waals surface area contributed by atoms with Gasteiger partial charge in [-0.05, 0) is 25.0 Å². The van der Waals surface area contributed by atoms with Gasteiger partial charge in [-0.1, -0.05) is 26.0 Å². The molecule has 2 rings (SSSR count). The number of benzene rings is 1. The van der Waals surface area contributed by atoms with E-state index in [4.69, 9.17) is 4.74 Å². The van der Waals surface area contributed by atoms with Crippen molar-refractivity contribution in [3.63, 3.8) is 0 Å². The number of para-hydroxylation sites is 1. The van der Waals surface area contributed by atoms with Crippen LogP contribution in [0.25, 0.3) is 0 Å². The quantitative estimate of drug-likeness (QED) is 0.731. The molecule has 1 aliphatic rings. The molecule has 1 amide bonds. The summed E-state index contributed by atoms with van der Waals surface area (Å²) in [6.07, 6.45) is 0. The van der Waals surface area contributed by atoms with Crippen LogP contribution in [0.4, 0.5) is 4.39 Å². The zero-order valence-corrected chi connectivity index (χ0v) is 15.6. The Bertz CT molecular complexity index is 708. The van der Waals surface area contributed by atoms with Crippen LogP contribution in [0.5, 0.6) is 5.75 Å². The van der Waals surface area contributed by atoms with Crippen LogP contribution in [0.2, 0.25) is 0 Å². The van der Waals surface area contributed by atoms with Gasteiger partial charge in [-0.2, -0.15) is 4.31 Å². The van der Waals surface area contributed by atoms with Gasteiger partial charge in [0.05, 0.1) is 5.75 Å². The average molecular weight is 372 g/mol. The van der Waals surface area contributed by atoms with Crippen molar-refractivity contribution in [3.8, 4) is 5.75 Å². The summed E-state index contributed by atoms with van der Waals surface area (Å²) in [6.45, 7) is 6.73. The number of hydrogen-bond acceptors (Lipinski definition) is 4. The maximum atomic E-state index is 13.5. The van der Waals surface area contributed by atoms with E-state index in [2.05, 4.69) is 0 Å². The normalized spacial score (nSPS) is 19.5. The Balaban J connectivity index is 1.95. The minimum Gasteiger partial charge on any atom is -0.489 e. The lowest BCUT2D eigenvalue weighted by atomic mass is 10.1. The van der Waals surface area contributed by atoms with Crippen molar-refractivity contribution >= 4 is 15.9 Å². The molecule has 0 spiro atoms. The van der Waals surface area contributed by atoms with E-state index in [1.807, 2.05) is 13.8 Å². The van der Waals surface area contributed by atoms with Crippen molar-refractivity contribution < 1.29 is 22.3 Å². The van der Waals surface area contributed by atoms with Crippen molar-refractivity contribution in [1.82, 2.24) is 9.21 Å². The highest BCUT2D eigenvalue weighted by Crippen LogP contribution is 2.19. The molecule has 0 bridgehead atoms. The van der Waals surface area contributed by atoms with Crippen molar-refractivity contribution in [2.75, 3.05) is 32.0 Å². The van der Waals surface area contributed by atoms with Gasteiger partial charge in [0.25, 0.3) is 0 Å². The third kappa shape index (κ3) is 4.92. The molecule has 1 saturated heterocycles. The topological polar surface area (TPSA) is 66.9 Å². The van der Waals surface area contributed by atoms with Gasteiger partial charge in [0.2, 0.25) is 15.9 Å². The molecule has 1 atom stereocenters. The Morgan fingerprint density at radius 1 is 1.28 bits per heavy atom. The van der Waals surface area contributed by atoms with E-state index in [0.29, 0.717) is 19.0 Å². The second-order valence-electron chi connectivity index (χ2n) is 6.56. The molecule has 0 radical (unpaired) electrons. The standard InChI is InChI=1S/C17H25FN2O4S/c1-13(2)12-19-8-9-20(14(3)17(19)21)25(22,23)11-10-24-16-7-5-4-6-15(16)18/h4-7,13-14H,8-12H2,1-3H3. The third-order valence-corrected chi connectivity index (χ3v) is 5.97. The van der Waals surface area contributed by atoms with Gasteiger partial charge in [-0.3, -0.25) is 4.79 Å². The number of carbonyl (C=O) groups is 1. The predicted octanol–water partition coefficient (Wildman–Crippen LogP) is 1.72. The molecular formula is C17H25FN2O4S. The highest BCUT2D eigenvalue weighted by atomic mass is 32.2. The molecule has 140 valence electrons. The average Bonchev–Trinajstić information content (AvgIpc) is 2.53. The number of rotatable bonds is 7.